The third-order valence-electron chi connectivity index (χ3n) is 2.71. The van der Waals surface area contributed by atoms with Crippen molar-refractivity contribution >= 4 is 17.4 Å². The van der Waals surface area contributed by atoms with Crippen LogP contribution in [0.1, 0.15) is 20.3 Å². The summed E-state index contributed by atoms with van der Waals surface area (Å²) in [6.07, 6.45) is 3.50. The van der Waals surface area contributed by atoms with Crippen LogP contribution in [0, 0.1) is 0 Å². The first-order valence-corrected chi connectivity index (χ1v) is 7.21. The molecule has 1 heterocycles. The second kappa shape index (κ2) is 7.97. The molecule has 0 aliphatic rings. The van der Waals surface area contributed by atoms with Crippen LogP contribution < -0.4 is 15.4 Å². The molecule has 6 nitrogen and oxygen atoms in total. The molecule has 0 spiro atoms. The van der Waals surface area contributed by atoms with Gasteiger partial charge in [0.1, 0.15) is 0 Å². The summed E-state index contributed by atoms with van der Waals surface area (Å²) in [5, 5.41) is 5.90. The quantitative estimate of drug-likeness (QED) is 0.822. The maximum Gasteiger partial charge on any atom is 0.257 e. The fourth-order valence-electron chi connectivity index (χ4n) is 1.80. The minimum absolute atomic E-state index is 0.0126. The molecule has 0 fully saturated rings. The van der Waals surface area contributed by atoms with Crippen LogP contribution in [0.2, 0.25) is 0 Å². The number of rotatable bonds is 7. The van der Waals surface area contributed by atoms with Gasteiger partial charge in [-0.1, -0.05) is 18.2 Å². The number of aromatic nitrogens is 2. The van der Waals surface area contributed by atoms with E-state index >= 15 is 0 Å². The molecule has 2 N–H and O–H groups in total. The molecule has 0 radical (unpaired) electrons. The minimum Gasteiger partial charge on any atom is -0.472 e. The van der Waals surface area contributed by atoms with Gasteiger partial charge in [-0.3, -0.25) is 4.79 Å². The molecule has 0 bridgehead atoms. The first kappa shape index (κ1) is 15.8. The predicted octanol–water partition coefficient (Wildman–Crippen LogP) is 2.70. The molecular formula is C16H20N4O2. The average molecular weight is 300 g/mol. The van der Waals surface area contributed by atoms with Crippen molar-refractivity contribution in [2.45, 2.75) is 26.4 Å². The Labute approximate surface area is 129 Å². The first-order valence-electron chi connectivity index (χ1n) is 7.21. The fraction of sp³-hybridized carbons (Fsp3) is 0.312. The zero-order chi connectivity index (χ0) is 15.8. The van der Waals surface area contributed by atoms with Crippen LogP contribution in [0.15, 0.2) is 42.7 Å². The van der Waals surface area contributed by atoms with Crippen LogP contribution in [0.25, 0.3) is 0 Å². The Bertz CT molecular complexity index is 602. The van der Waals surface area contributed by atoms with E-state index in [2.05, 4.69) is 20.6 Å². The number of carbonyl (C=O) groups excluding carboxylic acids is 1. The summed E-state index contributed by atoms with van der Waals surface area (Å²) in [7, 11) is 0. The van der Waals surface area contributed by atoms with Gasteiger partial charge in [0.2, 0.25) is 5.91 Å². The highest BCUT2D eigenvalue weighted by Crippen LogP contribution is 2.18. The lowest BCUT2D eigenvalue weighted by Gasteiger charge is -2.13. The molecule has 0 saturated carbocycles. The number of anilines is 2. The number of benzene rings is 1. The number of nitrogens with zero attached hydrogens (tertiary/aromatic N) is 2. The zero-order valence-corrected chi connectivity index (χ0v) is 12.7. The van der Waals surface area contributed by atoms with Gasteiger partial charge in [0.15, 0.2) is 5.82 Å². The van der Waals surface area contributed by atoms with Crippen LogP contribution in [0.4, 0.5) is 11.5 Å². The minimum atomic E-state index is -0.0612. The number of nitrogens with one attached hydrogen (secondary N) is 2. The summed E-state index contributed by atoms with van der Waals surface area (Å²) >= 11 is 0. The highest BCUT2D eigenvalue weighted by molar-refractivity contribution is 5.90. The van der Waals surface area contributed by atoms with Gasteiger partial charge in [-0.15, -0.1) is 0 Å². The monoisotopic (exact) mass is 300 g/mol. The number of carbonyl (C=O) groups is 1. The van der Waals surface area contributed by atoms with E-state index < -0.39 is 0 Å². The van der Waals surface area contributed by atoms with Crippen molar-refractivity contribution in [1.82, 2.24) is 9.97 Å². The van der Waals surface area contributed by atoms with Crippen molar-refractivity contribution in [3.8, 4) is 5.88 Å². The molecule has 116 valence electrons. The first-order chi connectivity index (χ1) is 10.6. The van der Waals surface area contributed by atoms with E-state index in [0.717, 1.165) is 5.69 Å². The van der Waals surface area contributed by atoms with Gasteiger partial charge in [0, 0.05) is 31.0 Å². The van der Waals surface area contributed by atoms with Gasteiger partial charge in [-0.25, -0.2) is 9.97 Å². The lowest BCUT2D eigenvalue weighted by Crippen LogP contribution is -2.17. The predicted molar refractivity (Wildman–Crippen MR) is 86.0 cm³/mol. The topological polar surface area (TPSA) is 76.1 Å². The van der Waals surface area contributed by atoms with Crippen molar-refractivity contribution in [3.05, 3.63) is 42.7 Å². The van der Waals surface area contributed by atoms with Gasteiger partial charge in [-0.05, 0) is 26.0 Å². The SMILES string of the molecule is CC(C)Oc1nccnc1NCCC(=O)Nc1ccccc1. The maximum atomic E-state index is 11.8. The van der Waals surface area contributed by atoms with E-state index in [9.17, 15) is 4.79 Å². The zero-order valence-electron chi connectivity index (χ0n) is 12.7. The molecule has 1 aromatic heterocycles. The Morgan fingerprint density at radius 1 is 1.18 bits per heavy atom. The van der Waals surface area contributed by atoms with Crippen molar-refractivity contribution in [3.63, 3.8) is 0 Å². The molecule has 0 atom stereocenters. The number of hydrogen-bond donors (Lipinski definition) is 2. The van der Waals surface area contributed by atoms with Gasteiger partial charge in [0.05, 0.1) is 6.10 Å². The largest absolute Gasteiger partial charge is 0.472 e. The third kappa shape index (κ3) is 5.05. The number of para-hydroxylation sites is 1. The van der Waals surface area contributed by atoms with E-state index in [1.807, 2.05) is 44.2 Å². The molecular weight excluding hydrogens is 280 g/mol. The maximum absolute atomic E-state index is 11.8. The van der Waals surface area contributed by atoms with Crippen LogP contribution in [-0.4, -0.2) is 28.5 Å². The average Bonchev–Trinajstić information content (AvgIpc) is 2.49. The standard InChI is InChI=1S/C16H20N4O2/c1-12(2)22-16-15(18-10-11-19-16)17-9-8-14(21)20-13-6-4-3-5-7-13/h3-7,10-12H,8-9H2,1-2H3,(H,17,18)(H,20,21). The van der Waals surface area contributed by atoms with Gasteiger partial charge < -0.3 is 15.4 Å². The summed E-state index contributed by atoms with van der Waals surface area (Å²) in [5.41, 5.74) is 0.788. The Morgan fingerprint density at radius 3 is 2.64 bits per heavy atom. The lowest BCUT2D eigenvalue weighted by molar-refractivity contribution is -0.115. The molecule has 22 heavy (non-hydrogen) atoms. The van der Waals surface area contributed by atoms with Crippen molar-refractivity contribution in [2.24, 2.45) is 0 Å². The van der Waals surface area contributed by atoms with E-state index in [0.29, 0.717) is 24.7 Å². The molecule has 0 saturated heterocycles. The fourth-order valence-corrected chi connectivity index (χ4v) is 1.80. The molecule has 0 unspecified atom stereocenters. The lowest BCUT2D eigenvalue weighted by atomic mass is 10.3. The van der Waals surface area contributed by atoms with Crippen LogP contribution in [-0.2, 0) is 4.79 Å². The Morgan fingerprint density at radius 2 is 1.91 bits per heavy atom. The van der Waals surface area contributed by atoms with E-state index in [1.54, 1.807) is 12.4 Å². The van der Waals surface area contributed by atoms with E-state index in [1.165, 1.54) is 0 Å². The summed E-state index contributed by atoms with van der Waals surface area (Å²) in [4.78, 5) is 20.2. The highest BCUT2D eigenvalue weighted by atomic mass is 16.5. The number of ether oxygens (including phenoxy) is 1. The van der Waals surface area contributed by atoms with Crippen molar-refractivity contribution < 1.29 is 9.53 Å². The van der Waals surface area contributed by atoms with Crippen LogP contribution in [0.5, 0.6) is 5.88 Å². The summed E-state index contributed by atoms with van der Waals surface area (Å²) in [6.45, 7) is 4.29. The molecule has 1 amide bonds. The van der Waals surface area contributed by atoms with Crippen LogP contribution in [0.3, 0.4) is 0 Å². The second-order valence-corrected chi connectivity index (χ2v) is 4.97. The molecule has 0 aliphatic carbocycles. The normalized spacial score (nSPS) is 10.3. The number of hydrogen-bond acceptors (Lipinski definition) is 5. The Hall–Kier alpha value is -2.63. The molecule has 6 heteroatoms. The van der Waals surface area contributed by atoms with Crippen molar-refractivity contribution in [2.75, 3.05) is 17.2 Å². The molecule has 2 aromatic rings. The summed E-state index contributed by atoms with van der Waals surface area (Å²) in [6, 6.07) is 9.36. The molecule has 0 aliphatic heterocycles. The van der Waals surface area contributed by atoms with Crippen molar-refractivity contribution in [1.29, 1.82) is 0 Å². The highest BCUT2D eigenvalue weighted by Gasteiger charge is 2.08. The molecule has 2 rings (SSSR count). The summed E-state index contributed by atoms with van der Waals surface area (Å²) in [5.74, 6) is 0.929. The number of amides is 1. The summed E-state index contributed by atoms with van der Waals surface area (Å²) < 4.78 is 5.56. The Balaban J connectivity index is 1.82. The second-order valence-electron chi connectivity index (χ2n) is 4.97. The van der Waals surface area contributed by atoms with Gasteiger partial charge in [-0.2, -0.15) is 0 Å². The van der Waals surface area contributed by atoms with E-state index in [-0.39, 0.29) is 12.0 Å². The smallest absolute Gasteiger partial charge is 0.257 e. The Kier molecular flexibility index (Phi) is 5.71. The third-order valence-corrected chi connectivity index (χ3v) is 2.71. The van der Waals surface area contributed by atoms with Gasteiger partial charge in [0.25, 0.3) is 5.88 Å². The molecule has 1 aromatic carbocycles. The van der Waals surface area contributed by atoms with E-state index in [4.69, 9.17) is 4.74 Å². The van der Waals surface area contributed by atoms with Crippen LogP contribution >= 0.6 is 0 Å². The van der Waals surface area contributed by atoms with Gasteiger partial charge >= 0.3 is 0 Å².